The molecule has 2 heterocycles. The third kappa shape index (κ3) is 4.79. The standard InChI is InChI=1S/C21H21ClN4O3S2/c1-14-5-2-3-7-18(14)31(28,29)26-12-4-6-15(13-26)20-24-25-21(30-20)19(27)23-17-10-8-16(22)9-11-17/h2-3,5,7-11,15H,4,6,12-13H2,1H3,(H,23,27)/t15-/m0/s1. The Labute approximate surface area is 190 Å². The van der Waals surface area contributed by atoms with Gasteiger partial charge in [0.1, 0.15) is 5.01 Å². The second kappa shape index (κ2) is 9.04. The molecule has 0 saturated carbocycles. The molecule has 1 aromatic heterocycles. The second-order valence-electron chi connectivity index (χ2n) is 7.37. The molecule has 0 unspecified atom stereocenters. The zero-order valence-electron chi connectivity index (χ0n) is 16.8. The van der Waals surface area contributed by atoms with Crippen LogP contribution in [0.25, 0.3) is 0 Å². The fourth-order valence-corrected chi connectivity index (χ4v) is 6.30. The number of rotatable bonds is 5. The van der Waals surface area contributed by atoms with Gasteiger partial charge in [0.05, 0.1) is 4.90 Å². The zero-order valence-corrected chi connectivity index (χ0v) is 19.2. The fraction of sp³-hybridized carbons (Fsp3) is 0.286. The highest BCUT2D eigenvalue weighted by molar-refractivity contribution is 7.89. The van der Waals surface area contributed by atoms with Gasteiger partial charge in [0, 0.05) is 29.7 Å². The number of nitrogens with zero attached hydrogens (tertiary/aromatic N) is 3. The molecule has 1 fully saturated rings. The summed E-state index contributed by atoms with van der Waals surface area (Å²) in [6.45, 7) is 2.59. The minimum absolute atomic E-state index is 0.0953. The van der Waals surface area contributed by atoms with Crippen LogP contribution in [0.3, 0.4) is 0 Å². The molecule has 1 saturated heterocycles. The van der Waals surface area contributed by atoms with Crippen LogP contribution >= 0.6 is 22.9 Å². The Bertz CT molecular complexity index is 1200. The SMILES string of the molecule is Cc1ccccc1S(=O)(=O)N1CCC[C@H](c2nnc(C(=O)Nc3ccc(Cl)cc3)s2)C1. The normalized spacial score (nSPS) is 17.4. The Morgan fingerprint density at radius 1 is 1.16 bits per heavy atom. The Morgan fingerprint density at radius 3 is 2.65 bits per heavy atom. The first kappa shape index (κ1) is 21.9. The summed E-state index contributed by atoms with van der Waals surface area (Å²) in [5, 5.41) is 12.5. The van der Waals surface area contributed by atoms with Crippen molar-refractivity contribution in [1.82, 2.24) is 14.5 Å². The van der Waals surface area contributed by atoms with Crippen LogP contribution in [0.15, 0.2) is 53.4 Å². The average Bonchev–Trinajstić information content (AvgIpc) is 3.26. The highest BCUT2D eigenvalue weighted by atomic mass is 35.5. The van der Waals surface area contributed by atoms with E-state index in [1.54, 1.807) is 49.4 Å². The van der Waals surface area contributed by atoms with Crippen LogP contribution in [0.4, 0.5) is 5.69 Å². The number of carbonyl (C=O) groups excluding carboxylic acids is 1. The van der Waals surface area contributed by atoms with Gasteiger partial charge in [-0.15, -0.1) is 10.2 Å². The van der Waals surface area contributed by atoms with E-state index in [2.05, 4.69) is 15.5 Å². The van der Waals surface area contributed by atoms with Crippen molar-refractivity contribution < 1.29 is 13.2 Å². The van der Waals surface area contributed by atoms with Crippen molar-refractivity contribution in [3.05, 3.63) is 69.1 Å². The van der Waals surface area contributed by atoms with E-state index in [1.165, 1.54) is 15.6 Å². The molecule has 0 aliphatic carbocycles. The summed E-state index contributed by atoms with van der Waals surface area (Å²) in [4.78, 5) is 12.8. The molecule has 0 bridgehead atoms. The van der Waals surface area contributed by atoms with Crippen molar-refractivity contribution in [3.63, 3.8) is 0 Å². The van der Waals surface area contributed by atoms with Crippen molar-refractivity contribution in [1.29, 1.82) is 0 Å². The van der Waals surface area contributed by atoms with Crippen molar-refractivity contribution in [2.45, 2.75) is 30.6 Å². The molecule has 1 N–H and O–H groups in total. The van der Waals surface area contributed by atoms with E-state index in [0.717, 1.165) is 18.4 Å². The third-order valence-electron chi connectivity index (χ3n) is 5.18. The van der Waals surface area contributed by atoms with E-state index in [0.29, 0.717) is 33.7 Å². The van der Waals surface area contributed by atoms with E-state index in [4.69, 9.17) is 11.6 Å². The largest absolute Gasteiger partial charge is 0.320 e. The zero-order chi connectivity index (χ0) is 22.0. The number of hydrogen-bond acceptors (Lipinski definition) is 6. The lowest BCUT2D eigenvalue weighted by molar-refractivity contribution is 0.102. The summed E-state index contributed by atoms with van der Waals surface area (Å²) in [7, 11) is -3.59. The van der Waals surface area contributed by atoms with Crippen molar-refractivity contribution >= 4 is 44.6 Å². The smallest absolute Gasteiger partial charge is 0.286 e. The lowest BCUT2D eigenvalue weighted by Gasteiger charge is -2.31. The van der Waals surface area contributed by atoms with Crippen LogP contribution in [0.5, 0.6) is 0 Å². The summed E-state index contributed by atoms with van der Waals surface area (Å²) in [5.41, 5.74) is 1.33. The Balaban J connectivity index is 1.48. The molecular formula is C21H21ClN4O3S2. The summed E-state index contributed by atoms with van der Waals surface area (Å²) < 4.78 is 27.8. The number of halogens is 1. The Morgan fingerprint density at radius 2 is 1.90 bits per heavy atom. The molecule has 2 aromatic carbocycles. The van der Waals surface area contributed by atoms with Gasteiger partial charge in [-0.2, -0.15) is 4.31 Å². The third-order valence-corrected chi connectivity index (χ3v) is 8.54. The number of aromatic nitrogens is 2. The van der Waals surface area contributed by atoms with E-state index >= 15 is 0 Å². The van der Waals surface area contributed by atoms with Gasteiger partial charge in [-0.1, -0.05) is 41.1 Å². The highest BCUT2D eigenvalue weighted by Gasteiger charge is 2.33. The molecule has 4 rings (SSSR count). The molecule has 7 nitrogen and oxygen atoms in total. The van der Waals surface area contributed by atoms with Gasteiger partial charge in [0.25, 0.3) is 5.91 Å². The van der Waals surface area contributed by atoms with Crippen LogP contribution in [0.2, 0.25) is 5.02 Å². The van der Waals surface area contributed by atoms with E-state index in [1.807, 2.05) is 6.07 Å². The predicted molar refractivity (Wildman–Crippen MR) is 121 cm³/mol. The van der Waals surface area contributed by atoms with Gasteiger partial charge in [0.15, 0.2) is 0 Å². The number of benzene rings is 2. The maximum absolute atomic E-state index is 13.1. The van der Waals surface area contributed by atoms with Crippen molar-refractivity contribution in [2.75, 3.05) is 18.4 Å². The van der Waals surface area contributed by atoms with Gasteiger partial charge in [-0.05, 0) is 55.7 Å². The molecule has 0 radical (unpaired) electrons. The summed E-state index contributed by atoms with van der Waals surface area (Å²) in [5.74, 6) is -0.451. The highest BCUT2D eigenvalue weighted by Crippen LogP contribution is 2.32. The predicted octanol–water partition coefficient (Wildman–Crippen LogP) is 4.32. The first-order chi connectivity index (χ1) is 14.8. The minimum atomic E-state index is -3.59. The van der Waals surface area contributed by atoms with Crippen LogP contribution in [0, 0.1) is 6.92 Å². The van der Waals surface area contributed by atoms with Crippen LogP contribution in [0.1, 0.15) is 39.1 Å². The number of piperidine rings is 1. The lowest BCUT2D eigenvalue weighted by atomic mass is 10.0. The van der Waals surface area contributed by atoms with E-state index in [9.17, 15) is 13.2 Å². The molecule has 31 heavy (non-hydrogen) atoms. The molecule has 10 heteroatoms. The van der Waals surface area contributed by atoms with Gasteiger partial charge in [-0.3, -0.25) is 4.79 Å². The molecule has 0 spiro atoms. The topological polar surface area (TPSA) is 92.3 Å². The van der Waals surface area contributed by atoms with Gasteiger partial charge < -0.3 is 5.32 Å². The number of carbonyl (C=O) groups is 1. The maximum atomic E-state index is 13.1. The molecule has 1 aliphatic heterocycles. The minimum Gasteiger partial charge on any atom is -0.320 e. The molecule has 1 aliphatic rings. The monoisotopic (exact) mass is 476 g/mol. The van der Waals surface area contributed by atoms with Crippen molar-refractivity contribution in [3.8, 4) is 0 Å². The molecule has 1 atom stereocenters. The number of sulfonamides is 1. The van der Waals surface area contributed by atoms with Crippen LogP contribution in [-0.2, 0) is 10.0 Å². The first-order valence-corrected chi connectivity index (χ1v) is 12.4. The van der Waals surface area contributed by atoms with Crippen LogP contribution < -0.4 is 5.32 Å². The Kier molecular flexibility index (Phi) is 6.38. The number of aryl methyl sites for hydroxylation is 1. The van der Waals surface area contributed by atoms with Gasteiger partial charge in [-0.25, -0.2) is 8.42 Å². The quantitative estimate of drug-likeness (QED) is 0.592. The summed E-state index contributed by atoms with van der Waals surface area (Å²) >= 11 is 7.07. The van der Waals surface area contributed by atoms with Gasteiger partial charge in [0.2, 0.25) is 15.0 Å². The number of amides is 1. The lowest BCUT2D eigenvalue weighted by Crippen LogP contribution is -2.39. The number of hydrogen-bond donors (Lipinski definition) is 1. The molecule has 3 aromatic rings. The van der Waals surface area contributed by atoms with Crippen LogP contribution in [-0.4, -0.2) is 41.9 Å². The molecule has 162 valence electrons. The molecular weight excluding hydrogens is 456 g/mol. The van der Waals surface area contributed by atoms with E-state index in [-0.39, 0.29) is 16.8 Å². The number of nitrogens with one attached hydrogen (secondary N) is 1. The summed E-state index contributed by atoms with van der Waals surface area (Å²) in [6, 6.07) is 13.8. The second-order valence-corrected chi connectivity index (χ2v) is 10.7. The van der Waals surface area contributed by atoms with Crippen molar-refractivity contribution in [2.24, 2.45) is 0 Å². The fourth-order valence-electron chi connectivity index (χ4n) is 3.56. The number of anilines is 1. The van der Waals surface area contributed by atoms with Gasteiger partial charge >= 0.3 is 0 Å². The Hall–Kier alpha value is -2.33. The average molecular weight is 477 g/mol. The first-order valence-electron chi connectivity index (χ1n) is 9.80. The molecule has 1 amide bonds. The van der Waals surface area contributed by atoms with E-state index < -0.39 is 10.0 Å². The maximum Gasteiger partial charge on any atom is 0.286 e. The summed E-state index contributed by atoms with van der Waals surface area (Å²) in [6.07, 6.45) is 1.52.